The molecule has 1 N–H and O–H groups in total. The number of hydrogen-bond acceptors (Lipinski definition) is 5. The highest BCUT2D eigenvalue weighted by Gasteiger charge is 2.18. The average molecular weight is 253 g/mol. The zero-order valence-electron chi connectivity index (χ0n) is 11.2. The molecule has 0 aliphatic carbocycles. The molecule has 0 atom stereocenters. The van der Waals surface area contributed by atoms with E-state index < -0.39 is 4.92 Å². The Kier molecular flexibility index (Phi) is 4.61. The van der Waals surface area contributed by atoms with Crippen molar-refractivity contribution in [2.75, 3.05) is 18.5 Å². The Morgan fingerprint density at radius 2 is 2.22 bits per heavy atom. The second-order valence-corrected chi connectivity index (χ2v) is 4.66. The highest BCUT2D eigenvalue weighted by Crippen LogP contribution is 2.19. The van der Waals surface area contributed by atoms with Gasteiger partial charge in [0.15, 0.2) is 0 Å². The van der Waals surface area contributed by atoms with Crippen LogP contribution in [0.25, 0.3) is 0 Å². The molecule has 100 valence electrons. The molecule has 0 aliphatic rings. The minimum atomic E-state index is -0.434. The molecule has 1 heterocycles. The lowest BCUT2D eigenvalue weighted by molar-refractivity contribution is -0.385. The maximum absolute atomic E-state index is 10.7. The van der Waals surface area contributed by atoms with Crippen LogP contribution in [0.5, 0.6) is 0 Å². The van der Waals surface area contributed by atoms with Crippen LogP contribution in [0.4, 0.5) is 11.5 Å². The lowest BCUT2D eigenvalue weighted by Crippen LogP contribution is -2.33. The molecule has 1 rings (SSSR count). The molecule has 0 fully saturated rings. The van der Waals surface area contributed by atoms with Gasteiger partial charge in [-0.05, 0) is 33.8 Å². The molecular weight excluding hydrogens is 234 g/mol. The number of aryl methyl sites for hydroxylation is 1. The van der Waals surface area contributed by atoms with E-state index in [4.69, 9.17) is 4.74 Å². The van der Waals surface area contributed by atoms with E-state index in [-0.39, 0.29) is 11.3 Å². The fourth-order valence-corrected chi connectivity index (χ4v) is 1.58. The number of hydrogen-bond donors (Lipinski definition) is 1. The Morgan fingerprint density at radius 3 is 2.72 bits per heavy atom. The van der Waals surface area contributed by atoms with Crippen molar-refractivity contribution in [3.8, 4) is 0 Å². The van der Waals surface area contributed by atoms with Gasteiger partial charge in [-0.25, -0.2) is 4.98 Å². The summed E-state index contributed by atoms with van der Waals surface area (Å²) in [5.41, 5.74) is 0.322. The van der Waals surface area contributed by atoms with E-state index in [1.165, 1.54) is 6.20 Å². The lowest BCUT2D eigenvalue weighted by atomic mass is 10.1. The van der Waals surface area contributed by atoms with Crippen LogP contribution < -0.4 is 5.32 Å². The topological polar surface area (TPSA) is 77.3 Å². The third-order valence-corrected chi connectivity index (χ3v) is 2.51. The van der Waals surface area contributed by atoms with Crippen molar-refractivity contribution in [3.05, 3.63) is 27.9 Å². The summed E-state index contributed by atoms with van der Waals surface area (Å²) >= 11 is 0. The van der Waals surface area contributed by atoms with Crippen molar-refractivity contribution < 1.29 is 9.66 Å². The smallest absolute Gasteiger partial charge is 0.290 e. The number of rotatable bonds is 6. The highest BCUT2D eigenvalue weighted by atomic mass is 16.6. The van der Waals surface area contributed by atoms with Gasteiger partial charge in [-0.2, -0.15) is 0 Å². The van der Waals surface area contributed by atoms with E-state index in [1.54, 1.807) is 13.0 Å². The van der Waals surface area contributed by atoms with Crippen LogP contribution in [0.2, 0.25) is 0 Å². The monoisotopic (exact) mass is 253 g/mol. The first kappa shape index (κ1) is 14.4. The summed E-state index contributed by atoms with van der Waals surface area (Å²) in [6, 6.07) is 1.67. The Morgan fingerprint density at radius 1 is 1.56 bits per heavy atom. The van der Waals surface area contributed by atoms with Gasteiger partial charge in [0.2, 0.25) is 0 Å². The van der Waals surface area contributed by atoms with Crippen LogP contribution in [0.3, 0.4) is 0 Å². The molecular formula is C12H19N3O3. The summed E-state index contributed by atoms with van der Waals surface area (Å²) in [6.07, 6.45) is 1.27. The molecule has 1 aromatic heterocycles. The average Bonchev–Trinajstić information content (AvgIpc) is 2.26. The van der Waals surface area contributed by atoms with Gasteiger partial charge in [-0.1, -0.05) is 0 Å². The molecule has 1 aromatic rings. The van der Waals surface area contributed by atoms with Crippen LogP contribution in [-0.2, 0) is 4.74 Å². The summed E-state index contributed by atoms with van der Waals surface area (Å²) < 4.78 is 5.54. The van der Waals surface area contributed by atoms with Crippen LogP contribution >= 0.6 is 0 Å². The fraction of sp³-hybridized carbons (Fsp3) is 0.583. The SMILES string of the molecule is CCOC(C)(C)CNc1cc(C)c([N+](=O)[O-])cn1. The number of ether oxygens (including phenoxy) is 1. The van der Waals surface area contributed by atoms with Gasteiger partial charge < -0.3 is 10.1 Å². The van der Waals surface area contributed by atoms with E-state index >= 15 is 0 Å². The molecule has 0 aromatic carbocycles. The summed E-state index contributed by atoms with van der Waals surface area (Å²) in [4.78, 5) is 14.2. The minimum absolute atomic E-state index is 0.0321. The van der Waals surface area contributed by atoms with Gasteiger partial charge >= 0.3 is 0 Å². The normalized spacial score (nSPS) is 11.3. The second-order valence-electron chi connectivity index (χ2n) is 4.66. The Bertz CT molecular complexity index is 433. The van der Waals surface area contributed by atoms with Crippen molar-refractivity contribution in [3.63, 3.8) is 0 Å². The Labute approximate surface area is 107 Å². The largest absolute Gasteiger partial charge is 0.374 e. The van der Waals surface area contributed by atoms with Gasteiger partial charge in [0.25, 0.3) is 5.69 Å². The number of nitrogens with zero attached hydrogens (tertiary/aromatic N) is 2. The molecule has 0 unspecified atom stereocenters. The van der Waals surface area contributed by atoms with E-state index in [9.17, 15) is 10.1 Å². The molecule has 0 saturated carbocycles. The third kappa shape index (κ3) is 3.96. The molecule has 6 heteroatoms. The van der Waals surface area contributed by atoms with Crippen LogP contribution in [0, 0.1) is 17.0 Å². The third-order valence-electron chi connectivity index (χ3n) is 2.51. The number of pyridine rings is 1. The number of anilines is 1. The zero-order valence-corrected chi connectivity index (χ0v) is 11.2. The summed E-state index contributed by atoms with van der Waals surface area (Å²) in [5.74, 6) is 0.617. The van der Waals surface area contributed by atoms with Crippen molar-refractivity contribution in [1.82, 2.24) is 4.98 Å². The molecule has 0 saturated heterocycles. The first-order chi connectivity index (χ1) is 8.35. The second kappa shape index (κ2) is 5.77. The molecule has 6 nitrogen and oxygen atoms in total. The molecule has 0 spiro atoms. The highest BCUT2D eigenvalue weighted by molar-refractivity contribution is 5.46. The molecule has 0 bridgehead atoms. The van der Waals surface area contributed by atoms with Crippen LogP contribution in [0.1, 0.15) is 26.3 Å². The maximum atomic E-state index is 10.7. The van der Waals surface area contributed by atoms with Gasteiger partial charge in [0, 0.05) is 18.7 Å². The Balaban J connectivity index is 2.70. The van der Waals surface area contributed by atoms with E-state index in [2.05, 4.69) is 10.3 Å². The minimum Gasteiger partial charge on any atom is -0.374 e. The van der Waals surface area contributed by atoms with Crippen molar-refractivity contribution in [2.45, 2.75) is 33.3 Å². The van der Waals surface area contributed by atoms with Gasteiger partial charge in [-0.15, -0.1) is 0 Å². The van der Waals surface area contributed by atoms with Crippen molar-refractivity contribution >= 4 is 11.5 Å². The van der Waals surface area contributed by atoms with E-state index in [0.717, 1.165) is 0 Å². The Hall–Kier alpha value is -1.69. The van der Waals surface area contributed by atoms with E-state index in [0.29, 0.717) is 24.5 Å². The molecule has 0 aliphatic heterocycles. The number of nitro groups is 1. The number of nitrogens with one attached hydrogen (secondary N) is 1. The van der Waals surface area contributed by atoms with Crippen molar-refractivity contribution in [2.24, 2.45) is 0 Å². The van der Waals surface area contributed by atoms with Crippen molar-refractivity contribution in [1.29, 1.82) is 0 Å². The quantitative estimate of drug-likeness (QED) is 0.622. The molecule has 0 amide bonds. The van der Waals surface area contributed by atoms with Gasteiger partial charge in [0.05, 0.1) is 10.5 Å². The summed E-state index contributed by atoms with van der Waals surface area (Å²) in [5, 5.41) is 13.8. The fourth-order valence-electron chi connectivity index (χ4n) is 1.58. The standard InChI is InChI=1S/C12H19N3O3/c1-5-18-12(3,4)8-14-11-6-9(2)10(7-13-11)15(16)17/h6-7H,5,8H2,1-4H3,(H,13,14). The first-order valence-electron chi connectivity index (χ1n) is 5.84. The van der Waals surface area contributed by atoms with Gasteiger partial charge in [0.1, 0.15) is 12.0 Å². The number of aromatic nitrogens is 1. The summed E-state index contributed by atoms with van der Waals surface area (Å²) in [7, 11) is 0. The summed E-state index contributed by atoms with van der Waals surface area (Å²) in [6.45, 7) is 8.81. The molecule has 18 heavy (non-hydrogen) atoms. The maximum Gasteiger partial charge on any atom is 0.290 e. The van der Waals surface area contributed by atoms with E-state index in [1.807, 2.05) is 20.8 Å². The predicted molar refractivity (Wildman–Crippen MR) is 69.8 cm³/mol. The van der Waals surface area contributed by atoms with Crippen LogP contribution in [-0.4, -0.2) is 28.7 Å². The predicted octanol–water partition coefficient (Wildman–Crippen LogP) is 2.53. The van der Waals surface area contributed by atoms with Crippen LogP contribution in [0.15, 0.2) is 12.3 Å². The first-order valence-corrected chi connectivity index (χ1v) is 5.84. The lowest BCUT2D eigenvalue weighted by Gasteiger charge is -2.25. The molecule has 0 radical (unpaired) electrons. The van der Waals surface area contributed by atoms with Gasteiger partial charge in [-0.3, -0.25) is 10.1 Å². The zero-order chi connectivity index (χ0) is 13.8.